The predicted octanol–water partition coefficient (Wildman–Crippen LogP) is 0.978. The molecule has 16 heavy (non-hydrogen) atoms. The van der Waals surface area contributed by atoms with Crippen molar-refractivity contribution in [3.8, 4) is 6.19 Å². The zero-order chi connectivity index (χ0) is 12.3. The van der Waals surface area contributed by atoms with Crippen LogP contribution < -0.4 is 11.1 Å². The summed E-state index contributed by atoms with van der Waals surface area (Å²) in [6, 6.07) is 2.04. The van der Waals surface area contributed by atoms with Gasteiger partial charge in [-0.05, 0) is 6.07 Å². The van der Waals surface area contributed by atoms with Crippen LogP contribution in [0.1, 0.15) is 0 Å². The van der Waals surface area contributed by atoms with Crippen molar-refractivity contribution in [3.05, 3.63) is 32.4 Å². The van der Waals surface area contributed by atoms with Gasteiger partial charge in [0.05, 0.1) is 9.85 Å². The molecule has 0 radical (unpaired) electrons. The van der Waals surface area contributed by atoms with Crippen molar-refractivity contribution in [2.24, 2.45) is 0 Å². The summed E-state index contributed by atoms with van der Waals surface area (Å²) in [7, 11) is 0. The number of hydrogen-bond donors (Lipinski definition) is 2. The van der Waals surface area contributed by atoms with Crippen molar-refractivity contribution >= 4 is 22.7 Å². The molecule has 0 bridgehead atoms. The Morgan fingerprint density at radius 2 is 1.94 bits per heavy atom. The normalized spacial score (nSPS) is 9.19. The van der Waals surface area contributed by atoms with Gasteiger partial charge in [0.15, 0.2) is 11.9 Å². The van der Waals surface area contributed by atoms with Crippen molar-refractivity contribution in [1.82, 2.24) is 0 Å². The monoisotopic (exact) mass is 223 g/mol. The first kappa shape index (κ1) is 11.2. The maximum Gasteiger partial charge on any atom is 0.323 e. The molecule has 1 aromatic rings. The first-order chi connectivity index (χ1) is 7.49. The SMILES string of the molecule is N#CNc1ccc([N+](=O)[O-])c(N)c1[N+](=O)[O-]. The zero-order valence-corrected chi connectivity index (χ0v) is 7.71. The molecule has 0 aliphatic rings. The molecule has 0 heterocycles. The average molecular weight is 223 g/mol. The second kappa shape index (κ2) is 4.09. The smallest absolute Gasteiger partial charge is 0.323 e. The second-order valence-corrected chi connectivity index (χ2v) is 2.65. The third-order valence-electron chi connectivity index (χ3n) is 1.76. The van der Waals surface area contributed by atoms with E-state index in [1.165, 1.54) is 6.19 Å². The van der Waals surface area contributed by atoms with E-state index in [2.05, 4.69) is 0 Å². The largest absolute Gasteiger partial charge is 0.387 e. The standard InChI is InChI=1S/C7H5N5O4/c8-3-10-4-1-2-5(11(13)14)6(9)7(4)12(15)16/h1-2,10H,9H2. The lowest BCUT2D eigenvalue weighted by Gasteiger charge is -2.03. The van der Waals surface area contributed by atoms with Crippen LogP contribution in [0.3, 0.4) is 0 Å². The molecule has 0 saturated carbocycles. The van der Waals surface area contributed by atoms with Gasteiger partial charge in [-0.3, -0.25) is 25.5 Å². The first-order valence-electron chi connectivity index (χ1n) is 3.85. The Labute approximate surface area is 88.4 Å². The minimum atomic E-state index is -0.887. The summed E-state index contributed by atoms with van der Waals surface area (Å²) in [4.78, 5) is 19.4. The average Bonchev–Trinajstić information content (AvgIpc) is 2.17. The van der Waals surface area contributed by atoms with E-state index in [9.17, 15) is 20.2 Å². The van der Waals surface area contributed by atoms with Gasteiger partial charge in [-0.1, -0.05) is 0 Å². The van der Waals surface area contributed by atoms with Gasteiger partial charge in [0.1, 0.15) is 5.69 Å². The molecular formula is C7H5N5O4. The summed E-state index contributed by atoms with van der Waals surface area (Å²) in [5.74, 6) is 0. The molecule has 3 N–H and O–H groups in total. The fraction of sp³-hybridized carbons (Fsp3) is 0. The van der Waals surface area contributed by atoms with Gasteiger partial charge in [0.25, 0.3) is 5.69 Å². The highest BCUT2D eigenvalue weighted by atomic mass is 16.6. The van der Waals surface area contributed by atoms with Gasteiger partial charge in [0, 0.05) is 6.07 Å². The molecule has 9 heteroatoms. The summed E-state index contributed by atoms with van der Waals surface area (Å²) in [5.41, 5.74) is 3.25. The number of nitro groups is 2. The highest BCUT2D eigenvalue weighted by Gasteiger charge is 2.26. The molecule has 0 saturated heterocycles. The maximum absolute atomic E-state index is 10.6. The number of hydrogen-bond acceptors (Lipinski definition) is 7. The molecule has 82 valence electrons. The number of rotatable bonds is 3. The molecule has 0 aliphatic heterocycles. The van der Waals surface area contributed by atoms with E-state index >= 15 is 0 Å². The van der Waals surface area contributed by atoms with Crippen molar-refractivity contribution in [2.75, 3.05) is 11.1 Å². The van der Waals surface area contributed by atoms with E-state index in [0.717, 1.165) is 12.1 Å². The van der Waals surface area contributed by atoms with Gasteiger partial charge >= 0.3 is 5.69 Å². The van der Waals surface area contributed by atoms with Gasteiger partial charge < -0.3 is 5.73 Å². The Balaban J connectivity index is 3.49. The first-order valence-corrected chi connectivity index (χ1v) is 3.85. The molecule has 0 atom stereocenters. The number of nitro benzene ring substituents is 2. The highest BCUT2D eigenvalue weighted by Crippen LogP contribution is 2.37. The molecule has 0 spiro atoms. The molecule has 0 fully saturated rings. The minimum Gasteiger partial charge on any atom is -0.387 e. The van der Waals surface area contributed by atoms with Crippen LogP contribution in [-0.4, -0.2) is 9.85 Å². The van der Waals surface area contributed by atoms with E-state index in [1.54, 1.807) is 0 Å². The van der Waals surface area contributed by atoms with Gasteiger partial charge in [-0.15, -0.1) is 0 Å². The third kappa shape index (κ3) is 1.80. The molecule has 0 aromatic heterocycles. The Hall–Kier alpha value is -2.89. The van der Waals surface area contributed by atoms with Crippen LogP contribution in [0.15, 0.2) is 12.1 Å². The van der Waals surface area contributed by atoms with Crippen LogP contribution in [0.4, 0.5) is 22.7 Å². The van der Waals surface area contributed by atoms with Crippen LogP contribution in [0.5, 0.6) is 0 Å². The quantitative estimate of drug-likeness (QED) is 0.255. The van der Waals surface area contributed by atoms with Crippen LogP contribution in [-0.2, 0) is 0 Å². The molecular weight excluding hydrogens is 218 g/mol. The Morgan fingerprint density at radius 3 is 2.38 bits per heavy atom. The topological polar surface area (TPSA) is 148 Å². The summed E-state index contributed by atoms with van der Waals surface area (Å²) in [6.45, 7) is 0. The van der Waals surface area contributed by atoms with E-state index in [1.807, 2.05) is 5.32 Å². The number of nitrogens with two attached hydrogens (primary N) is 1. The maximum atomic E-state index is 10.6. The lowest BCUT2D eigenvalue weighted by Crippen LogP contribution is -2.03. The molecule has 9 nitrogen and oxygen atoms in total. The van der Waals surface area contributed by atoms with E-state index in [-0.39, 0.29) is 5.69 Å². The molecule has 1 aromatic carbocycles. The molecule has 0 aliphatic carbocycles. The lowest BCUT2D eigenvalue weighted by molar-refractivity contribution is -0.391. The van der Waals surface area contributed by atoms with Crippen LogP contribution in [0.25, 0.3) is 0 Å². The predicted molar refractivity (Wildman–Crippen MR) is 53.4 cm³/mol. The number of anilines is 2. The Bertz CT molecular complexity index is 506. The number of nitrogens with one attached hydrogen (secondary N) is 1. The van der Waals surface area contributed by atoms with Crippen molar-refractivity contribution < 1.29 is 9.85 Å². The Morgan fingerprint density at radius 1 is 1.31 bits per heavy atom. The second-order valence-electron chi connectivity index (χ2n) is 2.65. The number of benzene rings is 1. The molecule has 1 rings (SSSR count). The third-order valence-corrected chi connectivity index (χ3v) is 1.76. The van der Waals surface area contributed by atoms with Crippen LogP contribution in [0.2, 0.25) is 0 Å². The van der Waals surface area contributed by atoms with Gasteiger partial charge in [0.2, 0.25) is 0 Å². The van der Waals surface area contributed by atoms with Gasteiger partial charge in [-0.25, -0.2) is 0 Å². The van der Waals surface area contributed by atoms with Crippen molar-refractivity contribution in [2.45, 2.75) is 0 Å². The van der Waals surface area contributed by atoms with E-state index in [4.69, 9.17) is 11.0 Å². The van der Waals surface area contributed by atoms with Crippen molar-refractivity contribution in [3.63, 3.8) is 0 Å². The van der Waals surface area contributed by atoms with Crippen LogP contribution in [0, 0.1) is 31.7 Å². The summed E-state index contributed by atoms with van der Waals surface area (Å²) >= 11 is 0. The fourth-order valence-corrected chi connectivity index (χ4v) is 1.11. The number of nitriles is 1. The van der Waals surface area contributed by atoms with Crippen LogP contribution >= 0.6 is 0 Å². The fourth-order valence-electron chi connectivity index (χ4n) is 1.11. The van der Waals surface area contributed by atoms with Crippen molar-refractivity contribution in [1.29, 1.82) is 5.26 Å². The summed E-state index contributed by atoms with van der Waals surface area (Å²) in [5, 5.41) is 31.5. The minimum absolute atomic E-state index is 0.185. The van der Waals surface area contributed by atoms with E-state index in [0.29, 0.717) is 0 Å². The lowest BCUT2D eigenvalue weighted by atomic mass is 10.2. The number of nitrogens with zero attached hydrogens (tertiary/aromatic N) is 3. The van der Waals surface area contributed by atoms with Gasteiger partial charge in [-0.2, -0.15) is 5.26 Å². The van der Waals surface area contributed by atoms with E-state index < -0.39 is 26.9 Å². The Kier molecular flexibility index (Phi) is 2.86. The molecule has 0 amide bonds. The number of nitrogen functional groups attached to an aromatic ring is 1. The molecule has 0 unspecified atom stereocenters. The zero-order valence-electron chi connectivity index (χ0n) is 7.71. The summed E-state index contributed by atoms with van der Waals surface area (Å²) in [6.07, 6.45) is 1.48. The highest BCUT2D eigenvalue weighted by molar-refractivity contribution is 5.82. The summed E-state index contributed by atoms with van der Waals surface area (Å²) < 4.78 is 0.